The van der Waals surface area contributed by atoms with E-state index in [4.69, 9.17) is 10.3 Å². The molecule has 1 atom stereocenters. The lowest BCUT2D eigenvalue weighted by molar-refractivity contribution is 0.145. The van der Waals surface area contributed by atoms with E-state index in [2.05, 4.69) is 20.1 Å². The van der Waals surface area contributed by atoms with Gasteiger partial charge in [0.1, 0.15) is 24.4 Å². The third kappa shape index (κ3) is 2.54. The molecule has 1 amide bonds. The summed E-state index contributed by atoms with van der Waals surface area (Å²) in [7, 11) is 0. The highest BCUT2D eigenvalue weighted by Gasteiger charge is 2.32. The number of nitrogens with zero attached hydrogens (tertiary/aromatic N) is 7. The monoisotopic (exact) mass is 303 g/mol. The fourth-order valence-electron chi connectivity index (χ4n) is 2.14. The van der Waals surface area contributed by atoms with Gasteiger partial charge in [-0.2, -0.15) is 5.10 Å². The minimum atomic E-state index is -0.606. The molecule has 0 aliphatic carbocycles. The Bertz CT molecular complexity index is 742. The molecule has 0 bridgehead atoms. The number of cyclic esters (lactones) is 1. The lowest BCUT2D eigenvalue weighted by Gasteiger charge is -2.14. The maximum atomic E-state index is 14.2. The van der Waals surface area contributed by atoms with Gasteiger partial charge in [-0.1, -0.05) is 5.11 Å². The summed E-state index contributed by atoms with van der Waals surface area (Å²) >= 11 is 0. The normalized spacial score (nSPS) is 17.2. The van der Waals surface area contributed by atoms with Crippen molar-refractivity contribution >= 4 is 11.8 Å². The minimum Gasteiger partial charge on any atom is -0.444 e. The number of halogens is 1. The molecular weight excluding hydrogens is 293 g/mol. The van der Waals surface area contributed by atoms with E-state index in [0.29, 0.717) is 5.69 Å². The van der Waals surface area contributed by atoms with Crippen LogP contribution in [-0.2, 0) is 4.74 Å². The van der Waals surface area contributed by atoms with Gasteiger partial charge in [0.05, 0.1) is 18.8 Å². The number of carbonyl (C=O) groups excluding carboxylic acids is 1. The standard InChI is InChI=1S/C12H10FN7O2/c13-10-3-8(1-2-11(10)20-7-15-6-17-20)19-5-9(4-16-18-14)22-12(19)21/h1-3,6-7,9H,4-5H2. The van der Waals surface area contributed by atoms with Crippen LogP contribution in [0.5, 0.6) is 0 Å². The minimum absolute atomic E-state index is 0.0399. The summed E-state index contributed by atoms with van der Waals surface area (Å²) in [6.07, 6.45) is 1.52. The van der Waals surface area contributed by atoms with Gasteiger partial charge in [-0.3, -0.25) is 4.90 Å². The first-order chi connectivity index (χ1) is 10.7. The van der Waals surface area contributed by atoms with Crippen molar-refractivity contribution in [3.63, 3.8) is 0 Å². The molecule has 1 aromatic heterocycles. The molecule has 112 valence electrons. The summed E-state index contributed by atoms with van der Waals surface area (Å²) in [4.78, 5) is 19.4. The predicted molar refractivity (Wildman–Crippen MR) is 72.9 cm³/mol. The van der Waals surface area contributed by atoms with Crippen molar-refractivity contribution < 1.29 is 13.9 Å². The first-order valence-corrected chi connectivity index (χ1v) is 6.32. The van der Waals surface area contributed by atoms with Crippen LogP contribution >= 0.6 is 0 Å². The van der Waals surface area contributed by atoms with E-state index in [1.165, 1.54) is 34.4 Å². The van der Waals surface area contributed by atoms with Gasteiger partial charge in [-0.05, 0) is 23.7 Å². The fraction of sp³-hybridized carbons (Fsp3) is 0.250. The fourth-order valence-corrected chi connectivity index (χ4v) is 2.14. The van der Waals surface area contributed by atoms with E-state index in [9.17, 15) is 9.18 Å². The third-order valence-corrected chi connectivity index (χ3v) is 3.13. The number of aromatic nitrogens is 3. The van der Waals surface area contributed by atoms with Crippen molar-refractivity contribution in [3.8, 4) is 5.69 Å². The van der Waals surface area contributed by atoms with Crippen molar-refractivity contribution in [1.82, 2.24) is 14.8 Å². The van der Waals surface area contributed by atoms with Gasteiger partial charge >= 0.3 is 6.09 Å². The average Bonchev–Trinajstić information content (AvgIpc) is 3.14. The van der Waals surface area contributed by atoms with Gasteiger partial charge in [0.15, 0.2) is 5.82 Å². The van der Waals surface area contributed by atoms with E-state index in [1.807, 2.05) is 0 Å². The van der Waals surface area contributed by atoms with E-state index >= 15 is 0 Å². The average molecular weight is 303 g/mol. The summed E-state index contributed by atoms with van der Waals surface area (Å²) in [6, 6.07) is 4.29. The number of amides is 1. The Kier molecular flexibility index (Phi) is 3.58. The zero-order valence-corrected chi connectivity index (χ0v) is 11.2. The molecule has 10 heteroatoms. The third-order valence-electron chi connectivity index (χ3n) is 3.13. The zero-order valence-electron chi connectivity index (χ0n) is 11.2. The SMILES string of the molecule is [N-]=[N+]=NCC1CN(c2ccc(-n3cncn3)c(F)c2)C(=O)O1. The number of hydrogen-bond acceptors (Lipinski definition) is 5. The van der Waals surface area contributed by atoms with Crippen molar-refractivity contribution in [2.75, 3.05) is 18.0 Å². The molecule has 1 aromatic carbocycles. The van der Waals surface area contributed by atoms with E-state index < -0.39 is 18.0 Å². The molecule has 2 aromatic rings. The molecule has 1 aliphatic heterocycles. The van der Waals surface area contributed by atoms with E-state index in [0.717, 1.165) is 0 Å². The van der Waals surface area contributed by atoms with Crippen LogP contribution in [0.15, 0.2) is 36.0 Å². The van der Waals surface area contributed by atoms with Crippen molar-refractivity contribution in [2.24, 2.45) is 5.11 Å². The maximum Gasteiger partial charge on any atom is 0.414 e. The number of rotatable bonds is 4. The Balaban J connectivity index is 1.82. The molecule has 1 aliphatic rings. The molecule has 22 heavy (non-hydrogen) atoms. The van der Waals surface area contributed by atoms with Crippen LogP contribution < -0.4 is 4.90 Å². The summed E-state index contributed by atoms with van der Waals surface area (Å²) < 4.78 is 20.5. The number of azide groups is 1. The quantitative estimate of drug-likeness (QED) is 0.489. The van der Waals surface area contributed by atoms with Crippen molar-refractivity contribution in [2.45, 2.75) is 6.10 Å². The van der Waals surface area contributed by atoms with Crippen LogP contribution in [0.2, 0.25) is 0 Å². The molecule has 0 N–H and O–H groups in total. The Labute approximate surface area is 123 Å². The van der Waals surface area contributed by atoms with Crippen molar-refractivity contribution in [1.29, 1.82) is 0 Å². The summed E-state index contributed by atoms with van der Waals surface area (Å²) in [5.74, 6) is -0.547. The molecule has 1 saturated heterocycles. The second-order valence-electron chi connectivity index (χ2n) is 4.51. The van der Waals surface area contributed by atoms with Crippen LogP contribution in [0.4, 0.5) is 14.9 Å². The van der Waals surface area contributed by atoms with E-state index in [1.54, 1.807) is 6.07 Å². The molecule has 2 heterocycles. The van der Waals surface area contributed by atoms with Crippen LogP contribution in [0.25, 0.3) is 16.1 Å². The Morgan fingerprint density at radius 1 is 1.55 bits per heavy atom. The largest absolute Gasteiger partial charge is 0.444 e. The van der Waals surface area contributed by atoms with Crippen molar-refractivity contribution in [3.05, 3.63) is 47.1 Å². The molecule has 1 fully saturated rings. The number of ether oxygens (including phenoxy) is 1. The highest BCUT2D eigenvalue weighted by Crippen LogP contribution is 2.25. The van der Waals surface area contributed by atoms with Crippen LogP contribution in [0.1, 0.15) is 0 Å². The molecule has 1 unspecified atom stereocenters. The smallest absolute Gasteiger partial charge is 0.414 e. The van der Waals surface area contributed by atoms with Gasteiger partial charge in [0.2, 0.25) is 0 Å². The predicted octanol–water partition coefficient (Wildman–Crippen LogP) is 2.04. The number of carbonyl (C=O) groups is 1. The van der Waals surface area contributed by atoms with Crippen LogP contribution in [-0.4, -0.2) is 40.1 Å². The Morgan fingerprint density at radius 2 is 2.41 bits per heavy atom. The number of anilines is 1. The lowest BCUT2D eigenvalue weighted by Crippen LogP contribution is -2.25. The molecule has 0 saturated carbocycles. The first kappa shape index (κ1) is 13.8. The second-order valence-corrected chi connectivity index (χ2v) is 4.51. The Morgan fingerprint density at radius 3 is 3.09 bits per heavy atom. The van der Waals surface area contributed by atoms with Gasteiger partial charge in [-0.25, -0.2) is 18.9 Å². The molecule has 3 rings (SSSR count). The van der Waals surface area contributed by atoms with Crippen LogP contribution in [0, 0.1) is 5.82 Å². The highest BCUT2D eigenvalue weighted by molar-refractivity contribution is 5.89. The van der Waals surface area contributed by atoms with Gasteiger partial charge in [0.25, 0.3) is 0 Å². The second kappa shape index (κ2) is 5.70. The zero-order chi connectivity index (χ0) is 15.5. The Hall–Kier alpha value is -3.13. The summed E-state index contributed by atoms with van der Waals surface area (Å²) in [5.41, 5.74) is 8.85. The number of hydrogen-bond donors (Lipinski definition) is 0. The molecule has 0 spiro atoms. The maximum absolute atomic E-state index is 14.2. The highest BCUT2D eigenvalue weighted by atomic mass is 19.1. The van der Waals surface area contributed by atoms with Gasteiger partial charge < -0.3 is 4.74 Å². The first-order valence-electron chi connectivity index (χ1n) is 6.32. The molecular formula is C12H10FN7O2. The molecule has 0 radical (unpaired) electrons. The molecule has 9 nitrogen and oxygen atoms in total. The van der Waals surface area contributed by atoms with E-state index in [-0.39, 0.29) is 18.8 Å². The summed E-state index contributed by atoms with van der Waals surface area (Å²) in [5, 5.41) is 7.21. The van der Waals surface area contributed by atoms with Gasteiger partial charge in [0, 0.05) is 4.91 Å². The lowest BCUT2D eigenvalue weighted by atomic mass is 10.2. The topological polar surface area (TPSA) is 109 Å². The van der Waals surface area contributed by atoms with Gasteiger partial charge in [-0.15, -0.1) is 0 Å². The number of benzene rings is 1. The van der Waals surface area contributed by atoms with Crippen LogP contribution in [0.3, 0.4) is 0 Å². The summed E-state index contributed by atoms with van der Waals surface area (Å²) in [6.45, 7) is 0.234.